The summed E-state index contributed by atoms with van der Waals surface area (Å²) in [6, 6.07) is 16.3. The lowest BCUT2D eigenvalue weighted by Crippen LogP contribution is -2.38. The van der Waals surface area contributed by atoms with Crippen molar-refractivity contribution < 1.29 is 22.7 Å². The van der Waals surface area contributed by atoms with Crippen LogP contribution < -0.4 is 0 Å². The second-order valence-electron chi connectivity index (χ2n) is 9.21. The molecule has 1 aliphatic heterocycles. The number of rotatable bonds is 7. The fourth-order valence-electron chi connectivity index (χ4n) is 5.20. The summed E-state index contributed by atoms with van der Waals surface area (Å²) >= 11 is 0. The number of benzene rings is 2. The zero-order chi connectivity index (χ0) is 26.0. The SMILES string of the molecule is CCOCCn1cc(C2CCN(C(=O)c3cnn(-c4ccccc4)c3C(F)(F)F)CC2)c2ccccc21. The van der Waals surface area contributed by atoms with Crippen LogP contribution in [0.2, 0.25) is 0 Å². The Morgan fingerprint density at radius 3 is 2.46 bits per heavy atom. The Morgan fingerprint density at radius 2 is 1.76 bits per heavy atom. The van der Waals surface area contributed by atoms with Gasteiger partial charge < -0.3 is 14.2 Å². The summed E-state index contributed by atoms with van der Waals surface area (Å²) in [5.41, 5.74) is 1.16. The lowest BCUT2D eigenvalue weighted by Gasteiger charge is -2.32. The number of amides is 1. The number of fused-ring (bicyclic) bond motifs is 1. The normalized spacial score (nSPS) is 15.0. The number of carbonyl (C=O) groups excluding carboxylic acids is 1. The largest absolute Gasteiger partial charge is 0.434 e. The Labute approximate surface area is 213 Å². The molecule has 9 heteroatoms. The summed E-state index contributed by atoms with van der Waals surface area (Å²) in [5, 5.41) is 5.11. The summed E-state index contributed by atoms with van der Waals surface area (Å²) in [7, 11) is 0. The molecule has 4 aromatic rings. The van der Waals surface area contributed by atoms with Crippen molar-refractivity contribution in [2.24, 2.45) is 0 Å². The number of halogens is 3. The molecule has 6 nitrogen and oxygen atoms in total. The summed E-state index contributed by atoms with van der Waals surface area (Å²) in [6.07, 6.45) is -0.161. The van der Waals surface area contributed by atoms with Gasteiger partial charge in [-0.15, -0.1) is 0 Å². The maximum atomic E-state index is 14.1. The molecule has 0 radical (unpaired) electrons. The molecule has 0 saturated carbocycles. The third-order valence-electron chi connectivity index (χ3n) is 6.99. The maximum absolute atomic E-state index is 14.1. The van der Waals surface area contributed by atoms with E-state index in [1.165, 1.54) is 28.0 Å². The molecule has 1 aliphatic rings. The Balaban J connectivity index is 1.35. The molecule has 0 unspecified atom stereocenters. The highest BCUT2D eigenvalue weighted by atomic mass is 19.4. The molecule has 1 saturated heterocycles. The van der Waals surface area contributed by atoms with Crippen LogP contribution >= 0.6 is 0 Å². The highest BCUT2D eigenvalue weighted by Gasteiger charge is 2.42. The van der Waals surface area contributed by atoms with Gasteiger partial charge in [0.05, 0.1) is 24.1 Å². The van der Waals surface area contributed by atoms with E-state index in [2.05, 4.69) is 28.0 Å². The van der Waals surface area contributed by atoms with Crippen molar-refractivity contribution in [3.05, 3.63) is 83.8 Å². The van der Waals surface area contributed by atoms with Gasteiger partial charge in [-0.1, -0.05) is 36.4 Å². The second-order valence-corrected chi connectivity index (χ2v) is 9.21. The van der Waals surface area contributed by atoms with Crippen LogP contribution in [0.4, 0.5) is 13.2 Å². The quantitative estimate of drug-likeness (QED) is 0.291. The topological polar surface area (TPSA) is 52.3 Å². The standard InChI is InChI=1S/C28H29F3N4O2/c1-2-37-17-16-34-19-24(22-10-6-7-11-25(22)34)20-12-14-33(15-13-20)27(36)23-18-32-35(26(23)28(29,30)31)21-8-4-3-5-9-21/h3-11,18-20H,2,12-17H2,1H3. The molecule has 2 aromatic carbocycles. The van der Waals surface area contributed by atoms with Crippen molar-refractivity contribution in [3.8, 4) is 5.69 Å². The van der Waals surface area contributed by atoms with Gasteiger partial charge in [-0.2, -0.15) is 18.3 Å². The Morgan fingerprint density at radius 1 is 1.05 bits per heavy atom. The zero-order valence-electron chi connectivity index (χ0n) is 20.6. The summed E-state index contributed by atoms with van der Waals surface area (Å²) < 4.78 is 50.7. The van der Waals surface area contributed by atoms with E-state index in [4.69, 9.17) is 4.74 Å². The van der Waals surface area contributed by atoms with Gasteiger partial charge in [-0.05, 0) is 49.4 Å². The number of piperidine rings is 1. The van der Waals surface area contributed by atoms with Crippen LogP contribution in [0.5, 0.6) is 0 Å². The van der Waals surface area contributed by atoms with Gasteiger partial charge in [0.1, 0.15) is 0 Å². The van der Waals surface area contributed by atoms with Crippen molar-refractivity contribution in [1.82, 2.24) is 19.2 Å². The first-order valence-corrected chi connectivity index (χ1v) is 12.5. The van der Waals surface area contributed by atoms with Crippen molar-refractivity contribution >= 4 is 16.8 Å². The molecule has 194 valence electrons. The van der Waals surface area contributed by atoms with Gasteiger partial charge in [-0.25, -0.2) is 4.68 Å². The lowest BCUT2D eigenvalue weighted by atomic mass is 9.89. The maximum Gasteiger partial charge on any atom is 0.434 e. The molecule has 3 heterocycles. The Hall–Kier alpha value is -3.59. The first-order valence-electron chi connectivity index (χ1n) is 12.5. The minimum atomic E-state index is -4.72. The lowest BCUT2D eigenvalue weighted by molar-refractivity contribution is -0.143. The van der Waals surface area contributed by atoms with Crippen LogP contribution in [0, 0.1) is 0 Å². The van der Waals surface area contributed by atoms with Crippen molar-refractivity contribution in [2.75, 3.05) is 26.3 Å². The fourth-order valence-corrected chi connectivity index (χ4v) is 5.20. The molecule has 37 heavy (non-hydrogen) atoms. The predicted molar refractivity (Wildman–Crippen MR) is 135 cm³/mol. The van der Waals surface area contributed by atoms with Gasteiger partial charge in [0.15, 0.2) is 5.69 Å². The Bertz CT molecular complexity index is 1370. The van der Waals surface area contributed by atoms with Crippen LogP contribution in [0.1, 0.15) is 47.3 Å². The zero-order valence-corrected chi connectivity index (χ0v) is 20.6. The molecule has 0 bridgehead atoms. The smallest absolute Gasteiger partial charge is 0.380 e. The van der Waals surface area contributed by atoms with Crippen LogP contribution in [0.25, 0.3) is 16.6 Å². The van der Waals surface area contributed by atoms with E-state index in [1.54, 1.807) is 18.2 Å². The molecule has 0 spiro atoms. The minimum Gasteiger partial charge on any atom is -0.380 e. The van der Waals surface area contributed by atoms with Crippen molar-refractivity contribution in [1.29, 1.82) is 0 Å². The van der Waals surface area contributed by atoms with Crippen molar-refractivity contribution in [2.45, 2.75) is 38.4 Å². The van der Waals surface area contributed by atoms with E-state index in [0.29, 0.717) is 39.1 Å². The van der Waals surface area contributed by atoms with E-state index >= 15 is 0 Å². The summed E-state index contributed by atoms with van der Waals surface area (Å²) in [6.45, 7) is 4.78. The molecule has 5 rings (SSSR count). The van der Waals surface area contributed by atoms with E-state index in [0.717, 1.165) is 22.9 Å². The molecule has 0 aliphatic carbocycles. The number of ether oxygens (including phenoxy) is 1. The minimum absolute atomic E-state index is 0.219. The molecule has 1 amide bonds. The first-order chi connectivity index (χ1) is 17.9. The van der Waals surface area contributed by atoms with E-state index in [9.17, 15) is 18.0 Å². The van der Waals surface area contributed by atoms with Crippen LogP contribution in [0.3, 0.4) is 0 Å². The van der Waals surface area contributed by atoms with Crippen LogP contribution in [0.15, 0.2) is 67.0 Å². The number of hydrogen-bond acceptors (Lipinski definition) is 3. The highest BCUT2D eigenvalue weighted by Crippen LogP contribution is 2.37. The molecule has 1 fully saturated rings. The van der Waals surface area contributed by atoms with E-state index < -0.39 is 23.3 Å². The van der Waals surface area contributed by atoms with Gasteiger partial charge in [0.2, 0.25) is 0 Å². The number of hydrogen-bond donors (Lipinski definition) is 0. The number of alkyl halides is 3. The first kappa shape index (κ1) is 25.1. The number of aromatic nitrogens is 3. The number of nitrogens with zero attached hydrogens (tertiary/aromatic N) is 4. The highest BCUT2D eigenvalue weighted by molar-refractivity contribution is 5.95. The van der Waals surface area contributed by atoms with Gasteiger partial charge in [-0.3, -0.25) is 4.79 Å². The third-order valence-corrected chi connectivity index (χ3v) is 6.99. The average molecular weight is 511 g/mol. The number of likely N-dealkylation sites (tertiary alicyclic amines) is 1. The molecule has 2 aromatic heterocycles. The average Bonchev–Trinajstić information content (AvgIpc) is 3.52. The van der Waals surface area contributed by atoms with Crippen LogP contribution in [-0.2, 0) is 17.5 Å². The predicted octanol–water partition coefficient (Wildman–Crippen LogP) is 5.90. The Kier molecular flexibility index (Phi) is 7.06. The van der Waals surface area contributed by atoms with E-state index in [1.807, 2.05) is 19.1 Å². The molecule has 0 atom stereocenters. The molecular weight excluding hydrogens is 481 g/mol. The summed E-state index contributed by atoms with van der Waals surface area (Å²) in [4.78, 5) is 14.8. The van der Waals surface area contributed by atoms with Gasteiger partial charge in [0, 0.05) is 43.3 Å². The number of para-hydroxylation sites is 2. The van der Waals surface area contributed by atoms with E-state index in [-0.39, 0.29) is 11.6 Å². The van der Waals surface area contributed by atoms with Gasteiger partial charge in [0.25, 0.3) is 5.91 Å². The fraction of sp³-hybridized carbons (Fsp3) is 0.357. The summed E-state index contributed by atoms with van der Waals surface area (Å²) in [5.74, 6) is -0.413. The number of carbonyl (C=O) groups is 1. The molecular formula is C28H29F3N4O2. The second kappa shape index (κ2) is 10.4. The van der Waals surface area contributed by atoms with Gasteiger partial charge >= 0.3 is 6.18 Å². The van der Waals surface area contributed by atoms with Crippen LogP contribution in [-0.4, -0.2) is 51.5 Å². The monoisotopic (exact) mass is 510 g/mol. The third kappa shape index (κ3) is 5.00. The molecule has 0 N–H and O–H groups in total. The van der Waals surface area contributed by atoms with Crippen molar-refractivity contribution in [3.63, 3.8) is 0 Å².